The summed E-state index contributed by atoms with van der Waals surface area (Å²) in [6.07, 6.45) is 4.88. The second-order valence-electron chi connectivity index (χ2n) is 5.85. The minimum atomic E-state index is -0.263. The van der Waals surface area contributed by atoms with Gasteiger partial charge in [0, 0.05) is 24.2 Å². The van der Waals surface area contributed by atoms with Crippen LogP contribution in [0.5, 0.6) is 5.75 Å². The molecule has 3 rings (SSSR count). The smallest absolute Gasteiger partial charge is 0.223 e. The van der Waals surface area contributed by atoms with Gasteiger partial charge >= 0.3 is 0 Å². The summed E-state index contributed by atoms with van der Waals surface area (Å²) in [4.78, 5) is 11.6. The van der Waals surface area contributed by atoms with E-state index in [0.29, 0.717) is 37.4 Å². The van der Waals surface area contributed by atoms with Gasteiger partial charge in [0.25, 0.3) is 0 Å². The van der Waals surface area contributed by atoms with Crippen molar-refractivity contribution in [3.8, 4) is 5.75 Å². The maximum atomic E-state index is 13.3. The second kappa shape index (κ2) is 6.43. The van der Waals surface area contributed by atoms with Crippen LogP contribution in [0.4, 0.5) is 4.39 Å². The zero-order chi connectivity index (χ0) is 14.7. The van der Waals surface area contributed by atoms with E-state index in [0.717, 1.165) is 18.4 Å². The molecule has 21 heavy (non-hydrogen) atoms. The number of rotatable bonds is 8. The van der Waals surface area contributed by atoms with E-state index >= 15 is 0 Å². The van der Waals surface area contributed by atoms with Crippen molar-refractivity contribution in [2.24, 2.45) is 0 Å². The fraction of sp³-hybridized carbons (Fsp3) is 0.562. The number of halogens is 1. The summed E-state index contributed by atoms with van der Waals surface area (Å²) in [5, 5.41) is 6.27. The molecule has 114 valence electrons. The van der Waals surface area contributed by atoms with Crippen LogP contribution in [0.1, 0.15) is 37.7 Å². The molecule has 0 bridgehead atoms. The van der Waals surface area contributed by atoms with Crippen LogP contribution in [0.3, 0.4) is 0 Å². The maximum absolute atomic E-state index is 13.3. The van der Waals surface area contributed by atoms with Crippen LogP contribution < -0.4 is 15.4 Å². The van der Waals surface area contributed by atoms with Gasteiger partial charge in [-0.1, -0.05) is 0 Å². The number of hydrogen-bond acceptors (Lipinski definition) is 3. The summed E-state index contributed by atoms with van der Waals surface area (Å²) in [7, 11) is 0. The van der Waals surface area contributed by atoms with E-state index in [1.165, 1.54) is 25.0 Å². The average molecular weight is 292 g/mol. The van der Waals surface area contributed by atoms with Gasteiger partial charge in [-0.15, -0.1) is 0 Å². The number of ether oxygens (including phenoxy) is 1. The molecule has 1 aromatic rings. The Morgan fingerprint density at radius 2 is 2.00 bits per heavy atom. The summed E-state index contributed by atoms with van der Waals surface area (Å²) in [6, 6.07) is 5.46. The minimum Gasteiger partial charge on any atom is -0.493 e. The Labute approximate surface area is 124 Å². The highest BCUT2D eigenvalue weighted by molar-refractivity contribution is 5.76. The normalized spacial score (nSPS) is 17.6. The van der Waals surface area contributed by atoms with E-state index in [4.69, 9.17) is 4.74 Å². The van der Waals surface area contributed by atoms with Crippen molar-refractivity contribution in [3.05, 3.63) is 29.6 Å². The lowest BCUT2D eigenvalue weighted by Crippen LogP contribution is -2.26. The Morgan fingerprint density at radius 1 is 1.24 bits per heavy atom. The molecule has 0 radical (unpaired) electrons. The maximum Gasteiger partial charge on any atom is 0.223 e. The highest BCUT2D eigenvalue weighted by Crippen LogP contribution is 2.24. The molecule has 2 aliphatic rings. The van der Waals surface area contributed by atoms with Gasteiger partial charge in [0.05, 0.1) is 13.0 Å². The zero-order valence-electron chi connectivity index (χ0n) is 12.0. The largest absolute Gasteiger partial charge is 0.493 e. The van der Waals surface area contributed by atoms with Crippen LogP contribution in [0.15, 0.2) is 18.2 Å². The third-order valence-corrected chi connectivity index (χ3v) is 3.71. The summed E-state index contributed by atoms with van der Waals surface area (Å²) < 4.78 is 19.0. The Hall–Kier alpha value is -1.62. The van der Waals surface area contributed by atoms with Crippen LogP contribution in [0, 0.1) is 5.82 Å². The molecule has 4 nitrogen and oxygen atoms in total. The zero-order valence-corrected chi connectivity index (χ0v) is 12.0. The van der Waals surface area contributed by atoms with Crippen LogP contribution in [-0.2, 0) is 11.3 Å². The number of hydrogen-bond donors (Lipinski definition) is 2. The van der Waals surface area contributed by atoms with Crippen molar-refractivity contribution < 1.29 is 13.9 Å². The van der Waals surface area contributed by atoms with Crippen molar-refractivity contribution in [2.45, 2.75) is 50.7 Å². The first kappa shape index (κ1) is 14.3. The SMILES string of the molecule is O=C(CCOc1ccc(F)cc1CNC1CC1)NC1CC1. The lowest BCUT2D eigenvalue weighted by molar-refractivity contribution is -0.121. The number of benzene rings is 1. The van der Waals surface area contributed by atoms with Gasteiger partial charge in [0.15, 0.2) is 0 Å². The molecule has 2 N–H and O–H groups in total. The predicted molar refractivity (Wildman–Crippen MR) is 77.5 cm³/mol. The van der Waals surface area contributed by atoms with Crippen LogP contribution in [-0.4, -0.2) is 24.6 Å². The molecule has 0 heterocycles. The fourth-order valence-electron chi connectivity index (χ4n) is 2.15. The average Bonchev–Trinajstić information content (AvgIpc) is 3.33. The molecule has 2 saturated carbocycles. The summed E-state index contributed by atoms with van der Waals surface area (Å²) in [5.41, 5.74) is 0.810. The minimum absolute atomic E-state index is 0.0252. The van der Waals surface area contributed by atoms with Crippen molar-refractivity contribution in [1.82, 2.24) is 10.6 Å². The molecule has 2 aliphatic carbocycles. The van der Waals surface area contributed by atoms with Crippen molar-refractivity contribution in [2.75, 3.05) is 6.61 Å². The van der Waals surface area contributed by atoms with E-state index in [9.17, 15) is 9.18 Å². The standard InChI is InChI=1S/C16H21FN2O2/c17-12-1-6-15(11(9-12)10-18-13-2-3-13)21-8-7-16(20)19-14-4-5-14/h1,6,9,13-14,18H,2-5,7-8,10H2,(H,19,20). The van der Waals surface area contributed by atoms with E-state index in [2.05, 4.69) is 10.6 Å². The summed E-state index contributed by atoms with van der Waals surface area (Å²) in [5.74, 6) is 0.419. The highest BCUT2D eigenvalue weighted by Gasteiger charge is 2.23. The van der Waals surface area contributed by atoms with Gasteiger partial charge in [-0.05, 0) is 43.9 Å². The van der Waals surface area contributed by atoms with Gasteiger partial charge in [-0.25, -0.2) is 4.39 Å². The molecule has 1 amide bonds. The third-order valence-electron chi connectivity index (χ3n) is 3.71. The molecule has 1 aromatic carbocycles. The molecular weight excluding hydrogens is 271 g/mol. The Bertz CT molecular complexity index is 513. The van der Waals surface area contributed by atoms with Gasteiger partial charge in [-0.3, -0.25) is 4.79 Å². The number of carbonyl (C=O) groups excluding carboxylic acids is 1. The van der Waals surface area contributed by atoms with Gasteiger partial charge in [0.2, 0.25) is 5.91 Å². The van der Waals surface area contributed by atoms with E-state index in [1.54, 1.807) is 6.07 Å². The molecule has 5 heteroatoms. The van der Waals surface area contributed by atoms with Gasteiger partial charge in [0.1, 0.15) is 11.6 Å². The molecule has 0 aromatic heterocycles. The van der Waals surface area contributed by atoms with E-state index < -0.39 is 0 Å². The molecule has 0 saturated heterocycles. The number of amides is 1. The van der Waals surface area contributed by atoms with Gasteiger partial charge < -0.3 is 15.4 Å². The first-order valence-corrected chi connectivity index (χ1v) is 7.64. The highest BCUT2D eigenvalue weighted by atomic mass is 19.1. The first-order valence-electron chi connectivity index (χ1n) is 7.64. The molecular formula is C16H21FN2O2. The van der Waals surface area contributed by atoms with Crippen LogP contribution in [0.2, 0.25) is 0 Å². The number of nitrogens with one attached hydrogen (secondary N) is 2. The summed E-state index contributed by atoms with van der Waals surface area (Å²) in [6.45, 7) is 0.923. The van der Waals surface area contributed by atoms with E-state index in [1.807, 2.05) is 0 Å². The Morgan fingerprint density at radius 3 is 2.71 bits per heavy atom. The first-order chi connectivity index (χ1) is 10.2. The molecule has 2 fully saturated rings. The molecule has 0 atom stereocenters. The molecule has 0 unspecified atom stereocenters. The topological polar surface area (TPSA) is 50.4 Å². The van der Waals surface area contributed by atoms with Crippen LogP contribution in [0.25, 0.3) is 0 Å². The van der Waals surface area contributed by atoms with E-state index in [-0.39, 0.29) is 11.7 Å². The van der Waals surface area contributed by atoms with Crippen molar-refractivity contribution in [3.63, 3.8) is 0 Å². The second-order valence-corrected chi connectivity index (χ2v) is 5.85. The lowest BCUT2D eigenvalue weighted by atomic mass is 10.2. The fourth-order valence-corrected chi connectivity index (χ4v) is 2.15. The quantitative estimate of drug-likeness (QED) is 0.771. The predicted octanol–water partition coefficient (Wildman–Crippen LogP) is 2.13. The van der Waals surface area contributed by atoms with Gasteiger partial charge in [-0.2, -0.15) is 0 Å². The van der Waals surface area contributed by atoms with Crippen molar-refractivity contribution in [1.29, 1.82) is 0 Å². The molecule has 0 aliphatic heterocycles. The monoisotopic (exact) mass is 292 g/mol. The molecule has 0 spiro atoms. The van der Waals surface area contributed by atoms with Crippen LogP contribution >= 0.6 is 0 Å². The van der Waals surface area contributed by atoms with Crippen molar-refractivity contribution >= 4 is 5.91 Å². The third kappa shape index (κ3) is 4.70. The number of carbonyl (C=O) groups is 1. The Balaban J connectivity index is 1.49. The Kier molecular flexibility index (Phi) is 4.39. The lowest BCUT2D eigenvalue weighted by Gasteiger charge is -2.12. The summed E-state index contributed by atoms with van der Waals surface area (Å²) >= 11 is 0.